The molecule has 3 heterocycles. The largest absolute Gasteiger partial charge is 0.378 e. The molecule has 0 atom stereocenters. The van der Waals surface area contributed by atoms with Gasteiger partial charge in [0.05, 0.1) is 32.6 Å². The molecule has 1 aromatic carbocycles. The third kappa shape index (κ3) is 4.70. The zero-order valence-electron chi connectivity index (χ0n) is 15.4. The van der Waals surface area contributed by atoms with Crippen LogP contribution >= 0.6 is 0 Å². The van der Waals surface area contributed by atoms with E-state index < -0.39 is 0 Å². The van der Waals surface area contributed by atoms with Crippen molar-refractivity contribution < 1.29 is 13.9 Å². The standard InChI is InChI=1S/C18H22FN7O2/c19-15-3-1-2-14(12-15)13-20-24-16-21-17(25-4-8-27-9-5-25)23-18(22-16)26-6-10-28-11-7-26/h1-3,12-13H,4-11H2,(H,21,22,23,24)/b20-13-. The molecular weight excluding hydrogens is 365 g/mol. The summed E-state index contributed by atoms with van der Waals surface area (Å²) in [5.41, 5.74) is 3.48. The molecule has 0 saturated carbocycles. The lowest BCUT2D eigenvalue weighted by atomic mass is 10.2. The van der Waals surface area contributed by atoms with Gasteiger partial charge < -0.3 is 19.3 Å². The second-order valence-electron chi connectivity index (χ2n) is 6.38. The van der Waals surface area contributed by atoms with Gasteiger partial charge in [-0.15, -0.1) is 0 Å². The number of aromatic nitrogens is 3. The molecular formula is C18H22FN7O2. The maximum Gasteiger partial charge on any atom is 0.250 e. The van der Waals surface area contributed by atoms with E-state index in [-0.39, 0.29) is 5.82 Å². The molecule has 2 aliphatic rings. The lowest BCUT2D eigenvalue weighted by molar-refractivity contribution is 0.121. The highest BCUT2D eigenvalue weighted by Gasteiger charge is 2.20. The molecule has 2 saturated heterocycles. The molecule has 0 bridgehead atoms. The Morgan fingerprint density at radius 2 is 1.54 bits per heavy atom. The summed E-state index contributed by atoms with van der Waals surface area (Å²) < 4.78 is 24.1. The molecule has 28 heavy (non-hydrogen) atoms. The highest BCUT2D eigenvalue weighted by molar-refractivity contribution is 5.79. The number of benzene rings is 1. The summed E-state index contributed by atoms with van der Waals surface area (Å²) in [6, 6.07) is 6.18. The van der Waals surface area contributed by atoms with E-state index in [9.17, 15) is 4.39 Å². The first-order valence-electron chi connectivity index (χ1n) is 9.24. The number of nitrogens with one attached hydrogen (secondary N) is 1. The second-order valence-corrected chi connectivity index (χ2v) is 6.38. The fourth-order valence-electron chi connectivity index (χ4n) is 2.96. The summed E-state index contributed by atoms with van der Waals surface area (Å²) in [4.78, 5) is 17.8. The molecule has 148 valence electrons. The van der Waals surface area contributed by atoms with Crippen LogP contribution in [0.25, 0.3) is 0 Å². The Morgan fingerprint density at radius 1 is 0.929 bits per heavy atom. The average Bonchev–Trinajstić information content (AvgIpc) is 2.75. The number of hydrogen-bond acceptors (Lipinski definition) is 9. The molecule has 2 aromatic rings. The van der Waals surface area contributed by atoms with Crippen LogP contribution in [0, 0.1) is 5.82 Å². The Kier molecular flexibility index (Phi) is 5.88. The fourth-order valence-corrected chi connectivity index (χ4v) is 2.96. The Balaban J connectivity index is 1.55. The smallest absolute Gasteiger partial charge is 0.250 e. The van der Waals surface area contributed by atoms with Gasteiger partial charge in [0.1, 0.15) is 5.82 Å². The van der Waals surface area contributed by atoms with Crippen LogP contribution in [0.5, 0.6) is 0 Å². The van der Waals surface area contributed by atoms with Gasteiger partial charge in [-0.05, 0) is 17.7 Å². The van der Waals surface area contributed by atoms with E-state index in [2.05, 4.69) is 35.3 Å². The van der Waals surface area contributed by atoms with Crippen molar-refractivity contribution in [2.45, 2.75) is 0 Å². The van der Waals surface area contributed by atoms with E-state index >= 15 is 0 Å². The van der Waals surface area contributed by atoms with Gasteiger partial charge in [-0.3, -0.25) is 0 Å². The van der Waals surface area contributed by atoms with Crippen LogP contribution in [-0.4, -0.2) is 73.8 Å². The molecule has 0 radical (unpaired) electrons. The molecule has 0 spiro atoms. The van der Waals surface area contributed by atoms with Crippen LogP contribution in [0.4, 0.5) is 22.2 Å². The SMILES string of the molecule is Fc1cccc(/C=N\Nc2nc(N3CCOCC3)nc(N3CCOCC3)n2)c1. The molecule has 10 heteroatoms. The van der Waals surface area contributed by atoms with Crippen molar-refractivity contribution in [3.05, 3.63) is 35.6 Å². The van der Waals surface area contributed by atoms with E-state index in [4.69, 9.17) is 9.47 Å². The summed E-state index contributed by atoms with van der Waals surface area (Å²) >= 11 is 0. The molecule has 4 rings (SSSR count). The highest BCUT2D eigenvalue weighted by Crippen LogP contribution is 2.18. The minimum atomic E-state index is -0.312. The molecule has 0 unspecified atom stereocenters. The second kappa shape index (κ2) is 8.89. The molecule has 2 aliphatic heterocycles. The van der Waals surface area contributed by atoms with E-state index in [0.29, 0.717) is 49.8 Å². The van der Waals surface area contributed by atoms with Crippen LogP contribution in [0.2, 0.25) is 0 Å². The Morgan fingerprint density at radius 3 is 2.11 bits per heavy atom. The van der Waals surface area contributed by atoms with Crippen LogP contribution in [0.1, 0.15) is 5.56 Å². The quantitative estimate of drug-likeness (QED) is 0.604. The van der Waals surface area contributed by atoms with Crippen molar-refractivity contribution in [2.24, 2.45) is 5.10 Å². The van der Waals surface area contributed by atoms with Crippen molar-refractivity contribution in [1.82, 2.24) is 15.0 Å². The minimum Gasteiger partial charge on any atom is -0.378 e. The number of ether oxygens (including phenoxy) is 2. The van der Waals surface area contributed by atoms with Crippen LogP contribution < -0.4 is 15.2 Å². The first kappa shape index (κ1) is 18.5. The number of hydrazone groups is 1. The summed E-state index contributed by atoms with van der Waals surface area (Å²) in [5.74, 6) is 1.20. The number of hydrogen-bond donors (Lipinski definition) is 1. The Labute approximate surface area is 162 Å². The molecule has 2 fully saturated rings. The van der Waals surface area contributed by atoms with E-state index in [1.165, 1.54) is 18.3 Å². The van der Waals surface area contributed by atoms with Gasteiger partial charge >= 0.3 is 0 Å². The molecule has 1 aromatic heterocycles. The van der Waals surface area contributed by atoms with Crippen LogP contribution in [0.15, 0.2) is 29.4 Å². The number of morpholine rings is 2. The van der Waals surface area contributed by atoms with Gasteiger partial charge in [0.2, 0.25) is 17.8 Å². The number of anilines is 3. The van der Waals surface area contributed by atoms with E-state index in [0.717, 1.165) is 26.2 Å². The van der Waals surface area contributed by atoms with Crippen molar-refractivity contribution in [3.63, 3.8) is 0 Å². The summed E-state index contributed by atoms with van der Waals surface area (Å²) in [6.07, 6.45) is 1.52. The van der Waals surface area contributed by atoms with Gasteiger partial charge in [0.15, 0.2) is 0 Å². The highest BCUT2D eigenvalue weighted by atomic mass is 19.1. The molecule has 0 amide bonds. The number of nitrogens with zero attached hydrogens (tertiary/aromatic N) is 6. The van der Waals surface area contributed by atoms with Gasteiger partial charge in [0.25, 0.3) is 0 Å². The monoisotopic (exact) mass is 387 g/mol. The summed E-state index contributed by atoms with van der Waals surface area (Å²) in [6.45, 7) is 5.44. The first-order valence-corrected chi connectivity index (χ1v) is 9.24. The van der Waals surface area contributed by atoms with Crippen molar-refractivity contribution in [2.75, 3.05) is 67.8 Å². The third-order valence-electron chi connectivity index (χ3n) is 4.43. The third-order valence-corrected chi connectivity index (χ3v) is 4.43. The minimum absolute atomic E-state index is 0.312. The predicted octanol–water partition coefficient (Wildman–Crippen LogP) is 1.13. The Bertz CT molecular complexity index is 787. The molecule has 9 nitrogen and oxygen atoms in total. The first-order chi connectivity index (χ1) is 13.8. The fraction of sp³-hybridized carbons (Fsp3) is 0.444. The van der Waals surface area contributed by atoms with Gasteiger partial charge in [-0.2, -0.15) is 20.1 Å². The lowest BCUT2D eigenvalue weighted by Crippen LogP contribution is -2.40. The lowest BCUT2D eigenvalue weighted by Gasteiger charge is -2.30. The van der Waals surface area contributed by atoms with Crippen LogP contribution in [-0.2, 0) is 9.47 Å². The Hall–Kier alpha value is -2.85. The van der Waals surface area contributed by atoms with Gasteiger partial charge in [-0.25, -0.2) is 9.82 Å². The van der Waals surface area contributed by atoms with Crippen molar-refractivity contribution in [3.8, 4) is 0 Å². The number of halogens is 1. The average molecular weight is 387 g/mol. The topological polar surface area (TPSA) is 88.0 Å². The zero-order chi connectivity index (χ0) is 19.2. The van der Waals surface area contributed by atoms with Crippen molar-refractivity contribution in [1.29, 1.82) is 0 Å². The van der Waals surface area contributed by atoms with E-state index in [1.807, 2.05) is 0 Å². The molecule has 0 aliphatic carbocycles. The zero-order valence-corrected chi connectivity index (χ0v) is 15.4. The van der Waals surface area contributed by atoms with Crippen molar-refractivity contribution >= 4 is 24.1 Å². The predicted molar refractivity (Wildman–Crippen MR) is 104 cm³/mol. The normalized spacial score (nSPS) is 17.9. The number of rotatable bonds is 5. The van der Waals surface area contributed by atoms with Crippen LogP contribution in [0.3, 0.4) is 0 Å². The van der Waals surface area contributed by atoms with Gasteiger partial charge in [-0.1, -0.05) is 12.1 Å². The maximum atomic E-state index is 13.3. The maximum absolute atomic E-state index is 13.3. The summed E-state index contributed by atoms with van der Waals surface area (Å²) in [7, 11) is 0. The summed E-state index contributed by atoms with van der Waals surface area (Å²) in [5, 5.41) is 4.14. The van der Waals surface area contributed by atoms with E-state index in [1.54, 1.807) is 12.1 Å². The van der Waals surface area contributed by atoms with Gasteiger partial charge in [0, 0.05) is 26.2 Å². The molecule has 1 N–H and O–H groups in total.